The van der Waals surface area contributed by atoms with Crippen molar-refractivity contribution in [1.29, 1.82) is 0 Å². The van der Waals surface area contributed by atoms with Crippen LogP contribution < -0.4 is 0 Å². The van der Waals surface area contributed by atoms with Crippen molar-refractivity contribution < 1.29 is 17.3 Å². The molecule has 0 unspecified atom stereocenters. The standard InChI is InChI=1S/C13H17N3O4S/c1-9(2)12-14-15-13(20-12)10-7-11(19-8-10)21(17,18)16-5-3-4-6-16/h7-9H,3-6H2,1-2H3. The van der Waals surface area contributed by atoms with Gasteiger partial charge in [0.25, 0.3) is 15.9 Å². The smallest absolute Gasteiger partial charge is 0.276 e. The Morgan fingerprint density at radius 3 is 2.57 bits per heavy atom. The highest BCUT2D eigenvalue weighted by Gasteiger charge is 2.30. The van der Waals surface area contributed by atoms with Gasteiger partial charge >= 0.3 is 0 Å². The molecule has 114 valence electrons. The number of hydrogen-bond donors (Lipinski definition) is 0. The summed E-state index contributed by atoms with van der Waals surface area (Å²) in [6.45, 7) is 4.96. The molecule has 8 heteroatoms. The van der Waals surface area contributed by atoms with Gasteiger partial charge in [-0.3, -0.25) is 0 Å². The molecule has 1 fully saturated rings. The number of hydrogen-bond acceptors (Lipinski definition) is 6. The molecule has 0 bridgehead atoms. The van der Waals surface area contributed by atoms with Crippen LogP contribution >= 0.6 is 0 Å². The van der Waals surface area contributed by atoms with Crippen LogP contribution in [0.25, 0.3) is 11.5 Å². The van der Waals surface area contributed by atoms with Crippen molar-refractivity contribution in [2.24, 2.45) is 0 Å². The zero-order chi connectivity index (χ0) is 15.0. The Kier molecular flexibility index (Phi) is 3.58. The van der Waals surface area contributed by atoms with E-state index in [0.29, 0.717) is 24.5 Å². The normalized spacial score (nSPS) is 16.9. The fourth-order valence-corrected chi connectivity index (χ4v) is 3.64. The lowest BCUT2D eigenvalue weighted by Crippen LogP contribution is -2.27. The average Bonchev–Trinajstić information content (AvgIpc) is 3.19. The molecule has 21 heavy (non-hydrogen) atoms. The molecule has 1 aliphatic heterocycles. The van der Waals surface area contributed by atoms with Crippen LogP contribution in [0.2, 0.25) is 0 Å². The molecule has 0 N–H and O–H groups in total. The van der Waals surface area contributed by atoms with Crippen molar-refractivity contribution in [3.05, 3.63) is 18.2 Å². The molecular weight excluding hydrogens is 294 g/mol. The van der Waals surface area contributed by atoms with Gasteiger partial charge in [-0.1, -0.05) is 13.8 Å². The third-order valence-corrected chi connectivity index (χ3v) is 5.18. The van der Waals surface area contributed by atoms with Crippen LogP contribution in [-0.4, -0.2) is 36.0 Å². The summed E-state index contributed by atoms with van der Waals surface area (Å²) in [7, 11) is -3.56. The lowest BCUT2D eigenvalue weighted by molar-refractivity contribution is 0.411. The molecule has 1 aliphatic rings. The Morgan fingerprint density at radius 1 is 1.24 bits per heavy atom. The SMILES string of the molecule is CC(C)c1nnc(-c2coc(S(=O)(=O)N3CCCC3)c2)o1. The maximum Gasteiger partial charge on any atom is 0.276 e. The largest absolute Gasteiger partial charge is 0.451 e. The summed E-state index contributed by atoms with van der Waals surface area (Å²) in [5, 5.41) is 7.76. The number of sulfonamides is 1. The lowest BCUT2D eigenvalue weighted by atomic mass is 10.2. The highest BCUT2D eigenvalue weighted by Crippen LogP contribution is 2.28. The van der Waals surface area contributed by atoms with E-state index in [1.165, 1.54) is 16.6 Å². The Hall–Kier alpha value is -1.67. The van der Waals surface area contributed by atoms with E-state index in [4.69, 9.17) is 8.83 Å². The first-order chi connectivity index (χ1) is 9.98. The average molecular weight is 311 g/mol. The molecule has 0 radical (unpaired) electrons. The quantitative estimate of drug-likeness (QED) is 0.860. The number of rotatable bonds is 4. The van der Waals surface area contributed by atoms with Gasteiger partial charge in [0.05, 0.1) is 5.56 Å². The highest BCUT2D eigenvalue weighted by molar-refractivity contribution is 7.89. The van der Waals surface area contributed by atoms with E-state index < -0.39 is 10.0 Å². The van der Waals surface area contributed by atoms with Gasteiger partial charge in [0.2, 0.25) is 11.0 Å². The second-order valence-corrected chi connectivity index (χ2v) is 7.23. The fraction of sp³-hybridized carbons (Fsp3) is 0.538. The van der Waals surface area contributed by atoms with Crippen LogP contribution in [0.3, 0.4) is 0 Å². The molecule has 3 heterocycles. The maximum atomic E-state index is 12.4. The van der Waals surface area contributed by atoms with E-state index >= 15 is 0 Å². The van der Waals surface area contributed by atoms with Gasteiger partial charge in [0.15, 0.2) is 0 Å². The predicted octanol–water partition coefficient (Wildman–Crippen LogP) is 2.24. The minimum Gasteiger partial charge on any atom is -0.451 e. The minimum absolute atomic E-state index is 0.0799. The summed E-state index contributed by atoms with van der Waals surface area (Å²) in [6.07, 6.45) is 3.10. The molecule has 0 saturated carbocycles. The lowest BCUT2D eigenvalue weighted by Gasteiger charge is -2.12. The van der Waals surface area contributed by atoms with E-state index in [1.807, 2.05) is 13.8 Å². The van der Waals surface area contributed by atoms with Crippen LogP contribution in [0.1, 0.15) is 38.5 Å². The van der Waals surface area contributed by atoms with Crippen molar-refractivity contribution in [1.82, 2.24) is 14.5 Å². The molecular formula is C13H17N3O4S. The van der Waals surface area contributed by atoms with Crippen molar-refractivity contribution in [3.63, 3.8) is 0 Å². The Bertz CT molecular complexity index is 726. The molecule has 0 spiro atoms. The third-order valence-electron chi connectivity index (χ3n) is 3.42. The van der Waals surface area contributed by atoms with Gasteiger partial charge in [-0.2, -0.15) is 4.31 Å². The monoisotopic (exact) mass is 311 g/mol. The van der Waals surface area contributed by atoms with E-state index in [-0.39, 0.29) is 16.9 Å². The summed E-state index contributed by atoms with van der Waals surface area (Å²) in [6, 6.07) is 1.44. The topological polar surface area (TPSA) is 89.4 Å². The van der Waals surface area contributed by atoms with Crippen LogP contribution in [0, 0.1) is 0 Å². The van der Waals surface area contributed by atoms with Gasteiger partial charge in [-0.15, -0.1) is 10.2 Å². The van der Waals surface area contributed by atoms with Crippen molar-refractivity contribution >= 4 is 10.0 Å². The summed E-state index contributed by atoms with van der Waals surface area (Å²) < 4.78 is 36.9. The van der Waals surface area contributed by atoms with Crippen LogP contribution in [0.4, 0.5) is 0 Å². The molecule has 0 aromatic carbocycles. The Labute approximate surface area is 123 Å². The van der Waals surface area contributed by atoms with Gasteiger partial charge in [0.1, 0.15) is 6.26 Å². The van der Waals surface area contributed by atoms with Crippen molar-refractivity contribution in [2.75, 3.05) is 13.1 Å². The zero-order valence-corrected chi connectivity index (χ0v) is 12.8. The molecule has 1 saturated heterocycles. The van der Waals surface area contributed by atoms with Crippen LogP contribution in [-0.2, 0) is 10.0 Å². The fourth-order valence-electron chi connectivity index (χ4n) is 2.20. The third kappa shape index (κ3) is 2.60. The molecule has 0 aliphatic carbocycles. The second kappa shape index (κ2) is 5.27. The van der Waals surface area contributed by atoms with E-state index in [2.05, 4.69) is 10.2 Å². The number of aromatic nitrogens is 2. The molecule has 3 rings (SSSR count). The number of furan rings is 1. The summed E-state index contributed by atoms with van der Waals surface area (Å²) in [5.41, 5.74) is 0.479. The van der Waals surface area contributed by atoms with Gasteiger partial charge in [-0.05, 0) is 12.8 Å². The van der Waals surface area contributed by atoms with E-state index in [1.54, 1.807) is 0 Å². The minimum atomic E-state index is -3.56. The molecule has 0 atom stereocenters. The molecule has 7 nitrogen and oxygen atoms in total. The molecule has 2 aromatic rings. The Morgan fingerprint density at radius 2 is 1.95 bits per heavy atom. The molecule has 0 amide bonds. The first kappa shape index (κ1) is 14.3. The first-order valence-corrected chi connectivity index (χ1v) is 8.35. The summed E-state index contributed by atoms with van der Waals surface area (Å²) in [4.78, 5) is 0. The van der Waals surface area contributed by atoms with Crippen molar-refractivity contribution in [3.8, 4) is 11.5 Å². The molecule has 2 aromatic heterocycles. The Balaban J connectivity index is 1.88. The highest BCUT2D eigenvalue weighted by atomic mass is 32.2. The van der Waals surface area contributed by atoms with Gasteiger partial charge in [0, 0.05) is 25.1 Å². The van der Waals surface area contributed by atoms with Gasteiger partial charge in [-0.25, -0.2) is 8.42 Å². The second-order valence-electron chi connectivity index (χ2n) is 5.37. The zero-order valence-electron chi connectivity index (χ0n) is 11.9. The summed E-state index contributed by atoms with van der Waals surface area (Å²) >= 11 is 0. The maximum absolute atomic E-state index is 12.4. The first-order valence-electron chi connectivity index (χ1n) is 6.91. The van der Waals surface area contributed by atoms with Crippen molar-refractivity contribution in [2.45, 2.75) is 37.7 Å². The van der Waals surface area contributed by atoms with E-state index in [9.17, 15) is 8.42 Å². The van der Waals surface area contributed by atoms with E-state index in [0.717, 1.165) is 12.8 Å². The summed E-state index contributed by atoms with van der Waals surface area (Å²) in [5.74, 6) is 0.895. The number of nitrogens with zero attached hydrogens (tertiary/aromatic N) is 3. The van der Waals surface area contributed by atoms with Gasteiger partial charge < -0.3 is 8.83 Å². The predicted molar refractivity (Wildman–Crippen MR) is 74.1 cm³/mol. The van der Waals surface area contributed by atoms with Crippen LogP contribution in [0.15, 0.2) is 26.3 Å². The van der Waals surface area contributed by atoms with Crippen LogP contribution in [0.5, 0.6) is 0 Å².